The second kappa shape index (κ2) is 6.25. The van der Waals surface area contributed by atoms with Gasteiger partial charge in [0.2, 0.25) is 0 Å². The minimum Gasteiger partial charge on any atom is -0.476 e. The van der Waals surface area contributed by atoms with Crippen molar-refractivity contribution in [3.8, 4) is 5.75 Å². The lowest BCUT2D eigenvalue weighted by molar-refractivity contribution is -0.127. The third-order valence-corrected chi connectivity index (χ3v) is 3.83. The number of ether oxygens (including phenoxy) is 1. The molecular weight excluding hydrogens is 302 g/mol. The van der Waals surface area contributed by atoms with Crippen molar-refractivity contribution in [3.05, 3.63) is 59.1 Å². The van der Waals surface area contributed by atoms with Crippen molar-refractivity contribution < 1.29 is 9.53 Å². The molecule has 2 aromatic carbocycles. The smallest absolute Gasteiger partial charge is 0.276 e. The van der Waals surface area contributed by atoms with E-state index >= 15 is 0 Å². The number of halogens is 1. The van der Waals surface area contributed by atoms with Crippen molar-refractivity contribution in [1.82, 2.24) is 5.43 Å². The zero-order valence-corrected chi connectivity index (χ0v) is 12.6. The third-order valence-electron chi connectivity index (χ3n) is 3.58. The van der Waals surface area contributed by atoms with Crippen LogP contribution < -0.4 is 20.9 Å². The van der Waals surface area contributed by atoms with E-state index in [2.05, 4.69) is 10.3 Å². The van der Waals surface area contributed by atoms with Crippen LogP contribution in [0.5, 0.6) is 5.75 Å². The minimum atomic E-state index is -0.632. The molecule has 1 aliphatic rings. The van der Waals surface area contributed by atoms with Gasteiger partial charge in [-0.15, -0.1) is 0 Å². The predicted molar refractivity (Wildman–Crippen MR) is 85.7 cm³/mol. The molecule has 0 aromatic heterocycles. The molecule has 2 aromatic rings. The molecule has 3 rings (SSSR count). The minimum absolute atomic E-state index is 0.337. The first-order valence-corrected chi connectivity index (χ1v) is 7.30. The number of fused-ring (bicyclic) bond motifs is 1. The van der Waals surface area contributed by atoms with Crippen LogP contribution >= 0.6 is 11.6 Å². The molecule has 22 heavy (non-hydrogen) atoms. The van der Waals surface area contributed by atoms with Crippen LogP contribution in [-0.2, 0) is 11.3 Å². The Labute approximate surface area is 133 Å². The number of hydrogen-bond acceptors (Lipinski definition) is 4. The average molecular weight is 318 g/mol. The van der Waals surface area contributed by atoms with Crippen LogP contribution in [0.3, 0.4) is 0 Å². The lowest BCUT2D eigenvalue weighted by atomic mass is 10.1. The Bertz CT molecular complexity index is 675. The number of amides is 1. The van der Waals surface area contributed by atoms with Crippen LogP contribution in [0.1, 0.15) is 5.56 Å². The van der Waals surface area contributed by atoms with Crippen molar-refractivity contribution in [2.45, 2.75) is 12.6 Å². The molecule has 1 aliphatic heterocycles. The molecule has 0 saturated carbocycles. The van der Waals surface area contributed by atoms with E-state index in [1.807, 2.05) is 48.5 Å². The van der Waals surface area contributed by atoms with E-state index in [-0.39, 0.29) is 5.91 Å². The fourth-order valence-electron chi connectivity index (χ4n) is 2.50. The van der Waals surface area contributed by atoms with E-state index < -0.39 is 6.10 Å². The maximum absolute atomic E-state index is 11.8. The van der Waals surface area contributed by atoms with Crippen LogP contribution in [0.25, 0.3) is 0 Å². The number of carbonyl (C=O) groups excluding carboxylic acids is 1. The third kappa shape index (κ3) is 3.00. The molecule has 0 bridgehead atoms. The summed E-state index contributed by atoms with van der Waals surface area (Å²) in [5, 5.41) is 0.700. The van der Waals surface area contributed by atoms with Crippen LogP contribution in [0.15, 0.2) is 48.5 Å². The summed E-state index contributed by atoms with van der Waals surface area (Å²) in [5.74, 6) is 5.56. The Morgan fingerprint density at radius 2 is 2.00 bits per heavy atom. The van der Waals surface area contributed by atoms with E-state index in [1.54, 1.807) is 0 Å². The highest BCUT2D eigenvalue weighted by Crippen LogP contribution is 2.34. The summed E-state index contributed by atoms with van der Waals surface area (Å²) in [4.78, 5) is 13.9. The van der Waals surface area contributed by atoms with Gasteiger partial charge in [0.05, 0.1) is 12.2 Å². The first kappa shape index (κ1) is 14.7. The van der Waals surface area contributed by atoms with E-state index in [1.165, 1.54) is 0 Å². The topological polar surface area (TPSA) is 67.6 Å². The Morgan fingerprint density at radius 1 is 1.27 bits per heavy atom. The molecule has 0 spiro atoms. The summed E-state index contributed by atoms with van der Waals surface area (Å²) in [6.07, 6.45) is -0.632. The molecule has 1 amide bonds. The summed E-state index contributed by atoms with van der Waals surface area (Å²) in [7, 11) is 0. The molecule has 0 aliphatic carbocycles. The number of hydrogen-bond donors (Lipinski definition) is 2. The molecule has 0 saturated heterocycles. The number of carbonyl (C=O) groups is 1. The summed E-state index contributed by atoms with van der Waals surface area (Å²) >= 11 is 5.92. The second-order valence-corrected chi connectivity index (χ2v) is 5.53. The largest absolute Gasteiger partial charge is 0.476 e. The van der Waals surface area contributed by atoms with Gasteiger partial charge in [-0.1, -0.05) is 35.9 Å². The second-order valence-electron chi connectivity index (χ2n) is 5.09. The molecule has 5 nitrogen and oxygen atoms in total. The average Bonchev–Trinajstić information content (AvgIpc) is 2.56. The van der Waals surface area contributed by atoms with Gasteiger partial charge in [0.15, 0.2) is 6.10 Å². The van der Waals surface area contributed by atoms with E-state index in [0.717, 1.165) is 11.3 Å². The van der Waals surface area contributed by atoms with Gasteiger partial charge in [-0.25, -0.2) is 5.84 Å². The molecule has 1 heterocycles. The zero-order chi connectivity index (χ0) is 15.5. The molecule has 114 valence electrons. The van der Waals surface area contributed by atoms with Gasteiger partial charge in [0.1, 0.15) is 5.75 Å². The highest BCUT2D eigenvalue weighted by Gasteiger charge is 2.30. The molecule has 0 radical (unpaired) electrons. The number of rotatable bonds is 3. The summed E-state index contributed by atoms with van der Waals surface area (Å²) in [6, 6.07) is 15.3. The van der Waals surface area contributed by atoms with Gasteiger partial charge in [0, 0.05) is 11.6 Å². The van der Waals surface area contributed by atoms with E-state index in [0.29, 0.717) is 23.9 Å². The first-order valence-electron chi connectivity index (χ1n) is 6.93. The van der Waals surface area contributed by atoms with Crippen LogP contribution in [0.4, 0.5) is 5.69 Å². The number of hydrazine groups is 1. The normalized spacial score (nSPS) is 16.6. The number of nitrogens with two attached hydrogens (primary N) is 1. The van der Waals surface area contributed by atoms with Crippen molar-refractivity contribution in [2.24, 2.45) is 5.84 Å². The molecule has 6 heteroatoms. The van der Waals surface area contributed by atoms with Gasteiger partial charge >= 0.3 is 0 Å². The van der Waals surface area contributed by atoms with Gasteiger partial charge in [0.25, 0.3) is 5.91 Å². The summed E-state index contributed by atoms with van der Waals surface area (Å²) < 4.78 is 5.72. The maximum atomic E-state index is 11.8. The molecular formula is C16H16ClN3O2. The van der Waals surface area contributed by atoms with Gasteiger partial charge < -0.3 is 9.64 Å². The van der Waals surface area contributed by atoms with Crippen LogP contribution in [0.2, 0.25) is 5.02 Å². The van der Waals surface area contributed by atoms with Crippen molar-refractivity contribution in [3.63, 3.8) is 0 Å². The molecule has 1 atom stereocenters. The van der Waals surface area contributed by atoms with Gasteiger partial charge in [-0.05, 0) is 29.8 Å². The Morgan fingerprint density at radius 3 is 2.73 bits per heavy atom. The Balaban J connectivity index is 1.88. The Kier molecular flexibility index (Phi) is 4.18. The Hall–Kier alpha value is -2.24. The lowest BCUT2D eigenvalue weighted by Crippen LogP contribution is -2.50. The van der Waals surface area contributed by atoms with E-state index in [4.69, 9.17) is 22.2 Å². The SMILES string of the molecule is NNC(=O)[C@H]1CN(Cc2ccc(Cl)cc2)c2ccccc2O1. The zero-order valence-electron chi connectivity index (χ0n) is 11.8. The van der Waals surface area contributed by atoms with Crippen molar-refractivity contribution in [2.75, 3.05) is 11.4 Å². The highest BCUT2D eigenvalue weighted by molar-refractivity contribution is 6.30. The molecule has 3 N–H and O–H groups in total. The maximum Gasteiger partial charge on any atom is 0.276 e. The number of para-hydroxylation sites is 2. The highest BCUT2D eigenvalue weighted by atomic mass is 35.5. The number of anilines is 1. The fourth-order valence-corrected chi connectivity index (χ4v) is 2.62. The van der Waals surface area contributed by atoms with Gasteiger partial charge in [-0.2, -0.15) is 0 Å². The summed E-state index contributed by atoms with van der Waals surface area (Å²) in [6.45, 7) is 1.09. The van der Waals surface area contributed by atoms with Gasteiger partial charge in [-0.3, -0.25) is 10.2 Å². The standard InChI is InChI=1S/C16H16ClN3O2/c17-12-7-5-11(6-8-12)9-20-10-15(16(21)19-18)22-14-4-2-1-3-13(14)20/h1-8,15H,9-10,18H2,(H,19,21)/t15-/m1/s1. The number of benzene rings is 2. The molecule has 0 unspecified atom stereocenters. The van der Waals surface area contributed by atoms with Crippen molar-refractivity contribution in [1.29, 1.82) is 0 Å². The fraction of sp³-hybridized carbons (Fsp3) is 0.188. The number of nitrogens with zero attached hydrogens (tertiary/aromatic N) is 1. The first-order chi connectivity index (χ1) is 10.7. The molecule has 0 fully saturated rings. The quantitative estimate of drug-likeness (QED) is 0.517. The van der Waals surface area contributed by atoms with Crippen LogP contribution in [0, 0.1) is 0 Å². The number of nitrogens with one attached hydrogen (secondary N) is 1. The lowest BCUT2D eigenvalue weighted by Gasteiger charge is -2.35. The van der Waals surface area contributed by atoms with Crippen molar-refractivity contribution >= 4 is 23.2 Å². The van der Waals surface area contributed by atoms with E-state index in [9.17, 15) is 4.79 Å². The van der Waals surface area contributed by atoms with Crippen LogP contribution in [-0.4, -0.2) is 18.6 Å². The predicted octanol–water partition coefficient (Wildman–Crippen LogP) is 2.10. The monoisotopic (exact) mass is 317 g/mol. The summed E-state index contributed by atoms with van der Waals surface area (Å²) in [5.41, 5.74) is 4.21.